The summed E-state index contributed by atoms with van der Waals surface area (Å²) in [6, 6.07) is -1.15. The van der Waals surface area contributed by atoms with E-state index >= 15 is 0 Å². The number of aryl methyl sites for hydroxylation is 1. The quantitative estimate of drug-likeness (QED) is 0.591. The van der Waals surface area contributed by atoms with Gasteiger partial charge in [0, 0.05) is 19.7 Å². The van der Waals surface area contributed by atoms with Crippen LogP contribution in [0.4, 0.5) is 0 Å². The number of amides is 2. The van der Waals surface area contributed by atoms with Crippen LogP contribution in [0.5, 0.6) is 0 Å². The molecule has 8 nitrogen and oxygen atoms in total. The SMILES string of the molecule is Cn1cc(C(=O)NC(CCC(N)=O)C(=O)O)cn1. The van der Waals surface area contributed by atoms with E-state index in [1.54, 1.807) is 7.05 Å². The van der Waals surface area contributed by atoms with Crippen molar-refractivity contribution < 1.29 is 19.5 Å². The maximum Gasteiger partial charge on any atom is 0.326 e. The second-order valence-electron chi connectivity index (χ2n) is 3.77. The number of nitrogens with one attached hydrogen (secondary N) is 1. The minimum absolute atomic E-state index is 0.0450. The van der Waals surface area contributed by atoms with Crippen molar-refractivity contribution in [2.45, 2.75) is 18.9 Å². The highest BCUT2D eigenvalue weighted by Gasteiger charge is 2.21. The number of hydrogen-bond donors (Lipinski definition) is 3. The molecule has 0 bridgehead atoms. The molecule has 0 spiro atoms. The van der Waals surface area contributed by atoms with Crippen molar-refractivity contribution in [2.75, 3.05) is 0 Å². The minimum Gasteiger partial charge on any atom is -0.480 e. The topological polar surface area (TPSA) is 127 Å². The lowest BCUT2D eigenvalue weighted by molar-refractivity contribution is -0.139. The number of aliphatic carboxylic acids is 1. The lowest BCUT2D eigenvalue weighted by atomic mass is 10.1. The highest BCUT2D eigenvalue weighted by atomic mass is 16.4. The van der Waals surface area contributed by atoms with E-state index in [2.05, 4.69) is 10.4 Å². The van der Waals surface area contributed by atoms with Crippen molar-refractivity contribution in [1.29, 1.82) is 0 Å². The summed E-state index contributed by atoms with van der Waals surface area (Å²) >= 11 is 0. The first-order chi connectivity index (χ1) is 8.40. The van der Waals surface area contributed by atoms with Crippen LogP contribution in [0.3, 0.4) is 0 Å². The molecule has 1 rings (SSSR count). The summed E-state index contributed by atoms with van der Waals surface area (Å²) in [5.41, 5.74) is 5.18. The number of nitrogens with two attached hydrogens (primary N) is 1. The van der Waals surface area contributed by atoms with Gasteiger partial charge in [-0.1, -0.05) is 0 Å². The molecule has 0 aliphatic carbocycles. The number of carboxylic acid groups (broad SMARTS) is 1. The number of hydrogen-bond acceptors (Lipinski definition) is 4. The van der Waals surface area contributed by atoms with Crippen LogP contribution >= 0.6 is 0 Å². The summed E-state index contributed by atoms with van der Waals surface area (Å²) in [5.74, 6) is -2.38. The van der Waals surface area contributed by atoms with Gasteiger partial charge in [-0.3, -0.25) is 14.3 Å². The van der Waals surface area contributed by atoms with Gasteiger partial charge in [-0.15, -0.1) is 0 Å². The van der Waals surface area contributed by atoms with Crippen molar-refractivity contribution in [3.8, 4) is 0 Å². The molecule has 4 N–H and O–H groups in total. The Labute approximate surface area is 103 Å². The molecule has 1 heterocycles. The van der Waals surface area contributed by atoms with Crippen molar-refractivity contribution >= 4 is 17.8 Å². The number of nitrogens with zero attached hydrogens (tertiary/aromatic N) is 2. The fourth-order valence-corrected chi connectivity index (χ4v) is 1.32. The molecular weight excluding hydrogens is 240 g/mol. The van der Waals surface area contributed by atoms with Gasteiger partial charge in [0.05, 0.1) is 11.8 Å². The molecule has 1 aromatic rings. The molecule has 0 saturated carbocycles. The second-order valence-corrected chi connectivity index (χ2v) is 3.77. The Bertz CT molecular complexity index is 468. The van der Waals surface area contributed by atoms with Gasteiger partial charge in [0.2, 0.25) is 5.91 Å². The molecule has 98 valence electrons. The molecule has 8 heteroatoms. The Morgan fingerprint density at radius 3 is 2.67 bits per heavy atom. The summed E-state index contributed by atoms with van der Waals surface area (Å²) < 4.78 is 1.42. The smallest absolute Gasteiger partial charge is 0.326 e. The maximum absolute atomic E-state index is 11.7. The molecule has 0 aliphatic heterocycles. The van der Waals surface area contributed by atoms with Crippen LogP contribution in [0.15, 0.2) is 12.4 Å². The second kappa shape index (κ2) is 5.80. The first kappa shape index (κ1) is 13.7. The van der Waals surface area contributed by atoms with Gasteiger partial charge in [-0.25, -0.2) is 4.79 Å². The molecule has 18 heavy (non-hydrogen) atoms. The Morgan fingerprint density at radius 1 is 1.56 bits per heavy atom. The van der Waals surface area contributed by atoms with Crippen molar-refractivity contribution in [3.05, 3.63) is 18.0 Å². The predicted molar refractivity (Wildman–Crippen MR) is 60.5 cm³/mol. The van der Waals surface area contributed by atoms with Crippen LogP contribution in [0.1, 0.15) is 23.2 Å². The van der Waals surface area contributed by atoms with Crippen LogP contribution in [-0.4, -0.2) is 38.7 Å². The lowest BCUT2D eigenvalue weighted by Gasteiger charge is -2.12. The fourth-order valence-electron chi connectivity index (χ4n) is 1.32. The average molecular weight is 254 g/mol. The minimum atomic E-state index is -1.21. The van der Waals surface area contributed by atoms with Crippen LogP contribution in [0.25, 0.3) is 0 Å². The third-order valence-corrected chi connectivity index (χ3v) is 2.25. The zero-order valence-corrected chi connectivity index (χ0v) is 9.79. The Morgan fingerprint density at radius 2 is 2.22 bits per heavy atom. The lowest BCUT2D eigenvalue weighted by Crippen LogP contribution is -2.41. The third kappa shape index (κ3) is 3.89. The van der Waals surface area contributed by atoms with Gasteiger partial charge in [-0.05, 0) is 6.42 Å². The van der Waals surface area contributed by atoms with E-state index in [0.717, 1.165) is 0 Å². The molecule has 1 atom stereocenters. The average Bonchev–Trinajstić information content (AvgIpc) is 2.70. The predicted octanol–water partition coefficient (Wildman–Crippen LogP) is -1.13. The first-order valence-corrected chi connectivity index (χ1v) is 5.20. The number of carbonyl (C=O) groups is 3. The van der Waals surface area contributed by atoms with E-state index in [0.29, 0.717) is 0 Å². The molecule has 0 fully saturated rings. The Kier molecular flexibility index (Phi) is 4.41. The summed E-state index contributed by atoms with van der Waals surface area (Å²) in [5, 5.41) is 15.0. The molecule has 2 amide bonds. The Balaban J connectivity index is 2.63. The van der Waals surface area contributed by atoms with E-state index in [9.17, 15) is 14.4 Å². The van der Waals surface area contributed by atoms with Gasteiger partial charge in [-0.2, -0.15) is 5.10 Å². The van der Waals surface area contributed by atoms with Crippen molar-refractivity contribution in [1.82, 2.24) is 15.1 Å². The molecular formula is C10H14N4O4. The number of rotatable bonds is 6. The monoisotopic (exact) mass is 254 g/mol. The van der Waals surface area contributed by atoms with E-state index in [4.69, 9.17) is 10.8 Å². The number of carbonyl (C=O) groups excluding carboxylic acids is 2. The summed E-state index contributed by atoms with van der Waals surface area (Å²) in [6.07, 6.45) is 2.63. The Hall–Kier alpha value is -2.38. The number of aromatic nitrogens is 2. The first-order valence-electron chi connectivity index (χ1n) is 5.20. The zero-order chi connectivity index (χ0) is 13.7. The van der Waals surface area contributed by atoms with E-state index in [1.807, 2.05) is 0 Å². The fraction of sp³-hybridized carbons (Fsp3) is 0.400. The van der Waals surface area contributed by atoms with E-state index in [1.165, 1.54) is 17.1 Å². The van der Waals surface area contributed by atoms with Crippen molar-refractivity contribution in [3.63, 3.8) is 0 Å². The van der Waals surface area contributed by atoms with Gasteiger partial charge >= 0.3 is 5.97 Å². The number of primary amides is 1. The molecule has 0 aliphatic rings. The van der Waals surface area contributed by atoms with E-state index in [-0.39, 0.29) is 18.4 Å². The van der Waals surface area contributed by atoms with E-state index < -0.39 is 23.8 Å². The van der Waals surface area contributed by atoms with Crippen LogP contribution in [0, 0.1) is 0 Å². The molecule has 0 saturated heterocycles. The molecule has 1 aromatic heterocycles. The standard InChI is InChI=1S/C10H14N4O4/c1-14-5-6(4-12-14)9(16)13-7(10(17)18)2-3-8(11)15/h4-5,7H,2-3H2,1H3,(H2,11,15)(H,13,16)(H,17,18). The van der Waals surface area contributed by atoms with Crippen LogP contribution < -0.4 is 11.1 Å². The van der Waals surface area contributed by atoms with Crippen molar-refractivity contribution in [2.24, 2.45) is 12.8 Å². The number of carboxylic acids is 1. The highest BCUT2D eigenvalue weighted by Crippen LogP contribution is 2.01. The molecule has 1 unspecified atom stereocenters. The van der Waals surface area contributed by atoms with Gasteiger partial charge < -0.3 is 16.2 Å². The van der Waals surface area contributed by atoms with Gasteiger partial charge in [0.15, 0.2) is 0 Å². The van der Waals surface area contributed by atoms with Crippen LogP contribution in [-0.2, 0) is 16.6 Å². The molecule has 0 radical (unpaired) electrons. The van der Waals surface area contributed by atoms with Gasteiger partial charge in [0.25, 0.3) is 5.91 Å². The van der Waals surface area contributed by atoms with Gasteiger partial charge in [0.1, 0.15) is 6.04 Å². The third-order valence-electron chi connectivity index (χ3n) is 2.25. The summed E-state index contributed by atoms with van der Waals surface area (Å²) in [6.45, 7) is 0. The zero-order valence-electron chi connectivity index (χ0n) is 9.79. The highest BCUT2D eigenvalue weighted by molar-refractivity contribution is 5.96. The maximum atomic E-state index is 11.7. The van der Waals surface area contributed by atoms with Crippen LogP contribution in [0.2, 0.25) is 0 Å². The molecule has 0 aromatic carbocycles. The largest absolute Gasteiger partial charge is 0.480 e. The summed E-state index contributed by atoms with van der Waals surface area (Å²) in [7, 11) is 1.64. The summed E-state index contributed by atoms with van der Waals surface area (Å²) in [4.78, 5) is 33.2. The normalized spacial score (nSPS) is 11.8.